The molecule has 7 heteroatoms. The highest BCUT2D eigenvalue weighted by Crippen LogP contribution is 2.42. The van der Waals surface area contributed by atoms with Crippen LogP contribution >= 0.6 is 0 Å². The number of likely N-dealkylation sites (N-methyl/N-ethyl adjacent to an activating group) is 1. The van der Waals surface area contributed by atoms with Gasteiger partial charge in [0.05, 0.1) is 17.7 Å². The standard InChI is InChI=1S/C33H45N3O4/c1-24(36-22-18-33(40-31(36)38,23-32(2,3)39)28-9-6-5-7-10-28)25-12-14-26(15-13-25)27-16-20-35(21-17-27)30(37)29-11-8-19-34(29)4/h5-7,9-10,12-15,24,27,29,39H,8,11,16-23H2,1-4H3/t24-,29?,33?/m0/s1. The van der Waals surface area contributed by atoms with Crippen LogP contribution in [0.15, 0.2) is 54.6 Å². The van der Waals surface area contributed by atoms with Crippen molar-refractivity contribution < 1.29 is 19.4 Å². The molecule has 40 heavy (non-hydrogen) atoms. The van der Waals surface area contributed by atoms with Crippen molar-refractivity contribution in [3.8, 4) is 0 Å². The smallest absolute Gasteiger partial charge is 0.411 e. The van der Waals surface area contributed by atoms with E-state index in [4.69, 9.17) is 4.74 Å². The number of hydrogen-bond acceptors (Lipinski definition) is 5. The van der Waals surface area contributed by atoms with Crippen LogP contribution in [0.25, 0.3) is 0 Å². The van der Waals surface area contributed by atoms with Crippen LogP contribution in [0.2, 0.25) is 0 Å². The van der Waals surface area contributed by atoms with E-state index in [2.05, 4.69) is 41.1 Å². The number of amides is 2. The lowest BCUT2D eigenvalue weighted by atomic mass is 9.80. The third-order valence-corrected chi connectivity index (χ3v) is 9.26. The number of hydrogen-bond donors (Lipinski definition) is 1. The molecule has 3 aliphatic heterocycles. The maximum Gasteiger partial charge on any atom is 0.411 e. The highest BCUT2D eigenvalue weighted by molar-refractivity contribution is 5.82. The van der Waals surface area contributed by atoms with E-state index in [-0.39, 0.29) is 18.2 Å². The highest BCUT2D eigenvalue weighted by atomic mass is 16.6. The maximum absolute atomic E-state index is 13.4. The summed E-state index contributed by atoms with van der Waals surface area (Å²) in [5.41, 5.74) is 1.48. The number of ether oxygens (including phenoxy) is 1. The number of aliphatic hydroxyl groups is 1. The molecule has 0 bridgehead atoms. The van der Waals surface area contributed by atoms with Gasteiger partial charge in [-0.3, -0.25) is 9.69 Å². The lowest BCUT2D eigenvalue weighted by molar-refractivity contribution is -0.136. The summed E-state index contributed by atoms with van der Waals surface area (Å²) in [5.74, 6) is 0.748. The van der Waals surface area contributed by atoms with Gasteiger partial charge in [0.15, 0.2) is 0 Å². The van der Waals surface area contributed by atoms with Crippen LogP contribution in [0.3, 0.4) is 0 Å². The van der Waals surface area contributed by atoms with Gasteiger partial charge in [-0.05, 0) is 82.7 Å². The van der Waals surface area contributed by atoms with Crippen molar-refractivity contribution in [2.45, 2.75) is 88.5 Å². The Bertz CT molecular complexity index is 1170. The molecule has 7 nitrogen and oxygen atoms in total. The molecular weight excluding hydrogens is 502 g/mol. The predicted octanol–water partition coefficient (Wildman–Crippen LogP) is 5.45. The molecule has 3 atom stereocenters. The minimum atomic E-state index is -0.976. The van der Waals surface area contributed by atoms with Crippen LogP contribution in [0.4, 0.5) is 4.79 Å². The molecule has 2 unspecified atom stereocenters. The second-order valence-corrected chi connectivity index (χ2v) is 12.7. The number of carbonyl (C=O) groups is 2. The van der Waals surface area contributed by atoms with Gasteiger partial charge >= 0.3 is 6.09 Å². The Balaban J connectivity index is 1.20. The molecular formula is C33H45N3O4. The van der Waals surface area contributed by atoms with Gasteiger partial charge in [-0.15, -0.1) is 0 Å². The summed E-state index contributed by atoms with van der Waals surface area (Å²) in [4.78, 5) is 32.4. The quantitative estimate of drug-likeness (QED) is 0.499. The number of piperidine rings is 1. The zero-order chi connectivity index (χ0) is 28.5. The summed E-state index contributed by atoms with van der Waals surface area (Å²) in [6, 6.07) is 18.4. The molecule has 0 saturated carbocycles. The van der Waals surface area contributed by atoms with Gasteiger partial charge in [0.25, 0.3) is 0 Å². The first-order chi connectivity index (χ1) is 19.1. The van der Waals surface area contributed by atoms with E-state index in [0.717, 1.165) is 56.4 Å². The van der Waals surface area contributed by atoms with E-state index in [1.54, 1.807) is 18.7 Å². The Morgan fingerprint density at radius 2 is 1.70 bits per heavy atom. The molecule has 3 aliphatic rings. The number of rotatable bonds is 7. The first-order valence-corrected chi connectivity index (χ1v) is 14.9. The molecule has 2 aromatic carbocycles. The molecule has 0 aliphatic carbocycles. The van der Waals surface area contributed by atoms with Crippen LogP contribution in [0, 0.1) is 0 Å². The van der Waals surface area contributed by atoms with Crippen molar-refractivity contribution in [1.29, 1.82) is 0 Å². The topological polar surface area (TPSA) is 73.3 Å². The third-order valence-electron chi connectivity index (χ3n) is 9.26. The van der Waals surface area contributed by atoms with Crippen LogP contribution in [-0.2, 0) is 15.1 Å². The second kappa shape index (κ2) is 11.5. The molecule has 3 fully saturated rings. The summed E-state index contributed by atoms with van der Waals surface area (Å²) in [5, 5.41) is 10.6. The van der Waals surface area contributed by atoms with Gasteiger partial charge in [-0.25, -0.2) is 4.79 Å². The first-order valence-electron chi connectivity index (χ1n) is 14.9. The fourth-order valence-electron chi connectivity index (χ4n) is 6.98. The second-order valence-electron chi connectivity index (χ2n) is 12.7. The zero-order valence-corrected chi connectivity index (χ0v) is 24.5. The lowest BCUT2D eigenvalue weighted by Gasteiger charge is -2.45. The van der Waals surface area contributed by atoms with Gasteiger partial charge in [-0.1, -0.05) is 54.6 Å². The predicted molar refractivity (Wildman–Crippen MR) is 156 cm³/mol. The van der Waals surface area contributed by atoms with E-state index in [1.807, 2.05) is 37.3 Å². The first kappa shape index (κ1) is 28.6. The van der Waals surface area contributed by atoms with Crippen molar-refractivity contribution in [3.05, 3.63) is 71.3 Å². The van der Waals surface area contributed by atoms with Gasteiger partial charge in [0.1, 0.15) is 5.60 Å². The normalized spacial score (nSPS) is 25.6. The summed E-state index contributed by atoms with van der Waals surface area (Å²) < 4.78 is 6.17. The average molecular weight is 548 g/mol. The van der Waals surface area contributed by atoms with Crippen molar-refractivity contribution >= 4 is 12.0 Å². The molecule has 3 saturated heterocycles. The Kier molecular flexibility index (Phi) is 8.25. The van der Waals surface area contributed by atoms with Gasteiger partial charge in [0.2, 0.25) is 5.91 Å². The highest BCUT2D eigenvalue weighted by Gasteiger charge is 2.46. The maximum atomic E-state index is 13.4. The SMILES string of the molecule is C[C@@H](c1ccc(C2CCN(C(=O)C3CCCN3C)CC2)cc1)N1CCC(CC(C)(C)O)(c2ccccc2)OC1=O. The number of cyclic esters (lactones) is 1. The molecule has 216 valence electrons. The third kappa shape index (κ3) is 6.06. The molecule has 2 amide bonds. The summed E-state index contributed by atoms with van der Waals surface area (Å²) in [6.07, 6.45) is 4.67. The monoisotopic (exact) mass is 547 g/mol. The molecule has 0 aromatic heterocycles. The molecule has 5 rings (SSSR count). The summed E-state index contributed by atoms with van der Waals surface area (Å²) >= 11 is 0. The Labute approximate surface area is 239 Å². The van der Waals surface area contributed by atoms with Crippen molar-refractivity contribution in [2.24, 2.45) is 0 Å². The van der Waals surface area contributed by atoms with Crippen molar-refractivity contribution in [1.82, 2.24) is 14.7 Å². The summed E-state index contributed by atoms with van der Waals surface area (Å²) in [7, 11) is 2.06. The average Bonchev–Trinajstić information content (AvgIpc) is 3.38. The molecule has 2 aromatic rings. The van der Waals surface area contributed by atoms with Gasteiger partial charge in [0, 0.05) is 32.5 Å². The number of likely N-dealkylation sites (tertiary alicyclic amines) is 2. The zero-order valence-electron chi connectivity index (χ0n) is 24.5. The molecule has 0 radical (unpaired) electrons. The molecule has 0 spiro atoms. The minimum Gasteiger partial charge on any atom is -0.438 e. The van der Waals surface area contributed by atoms with E-state index in [1.165, 1.54) is 5.56 Å². The van der Waals surface area contributed by atoms with E-state index < -0.39 is 11.2 Å². The van der Waals surface area contributed by atoms with Crippen LogP contribution in [0.5, 0.6) is 0 Å². The largest absolute Gasteiger partial charge is 0.438 e. The fourth-order valence-corrected chi connectivity index (χ4v) is 6.98. The molecule has 1 N–H and O–H groups in total. The number of benzene rings is 2. The van der Waals surface area contributed by atoms with E-state index >= 15 is 0 Å². The fraction of sp³-hybridized carbons (Fsp3) is 0.576. The Morgan fingerprint density at radius 3 is 2.27 bits per heavy atom. The van der Waals surface area contributed by atoms with E-state index in [9.17, 15) is 14.7 Å². The van der Waals surface area contributed by atoms with Crippen LogP contribution < -0.4 is 0 Å². The van der Waals surface area contributed by atoms with E-state index in [0.29, 0.717) is 31.2 Å². The summed E-state index contributed by atoms with van der Waals surface area (Å²) in [6.45, 7) is 8.78. The van der Waals surface area contributed by atoms with Crippen LogP contribution in [-0.4, -0.2) is 76.7 Å². The van der Waals surface area contributed by atoms with Crippen LogP contribution in [0.1, 0.15) is 87.9 Å². The van der Waals surface area contributed by atoms with Gasteiger partial charge < -0.3 is 19.6 Å². The van der Waals surface area contributed by atoms with Gasteiger partial charge in [-0.2, -0.15) is 0 Å². The van der Waals surface area contributed by atoms with Crippen molar-refractivity contribution in [3.63, 3.8) is 0 Å². The minimum absolute atomic E-state index is 0.0618. The Morgan fingerprint density at radius 1 is 1.02 bits per heavy atom. The Hall–Kier alpha value is -2.90. The van der Waals surface area contributed by atoms with Crippen molar-refractivity contribution in [2.75, 3.05) is 33.2 Å². The lowest BCUT2D eigenvalue weighted by Crippen LogP contribution is -2.51. The number of nitrogens with zero attached hydrogens (tertiary/aromatic N) is 3. The molecule has 3 heterocycles. The number of carbonyl (C=O) groups excluding carboxylic acids is 2.